The number of hydrogen-bond donors (Lipinski definition) is 0. The van der Waals surface area contributed by atoms with Crippen molar-refractivity contribution in [3.8, 4) is 0 Å². The SMILES string of the molecule is CCCCCCCC(Br)Br. The van der Waals surface area contributed by atoms with E-state index in [4.69, 9.17) is 0 Å². The van der Waals surface area contributed by atoms with Gasteiger partial charge in [0.1, 0.15) is 0 Å². The lowest BCUT2D eigenvalue weighted by Crippen LogP contribution is -1.85. The number of unbranched alkanes of at least 4 members (excludes halogenated alkanes) is 4. The molecule has 0 aliphatic carbocycles. The predicted octanol–water partition coefficient (Wildman–Crippen LogP) is 4.46. The molecular weight excluding hydrogens is 256 g/mol. The van der Waals surface area contributed by atoms with Crippen LogP contribution in [0.2, 0.25) is 0 Å². The maximum atomic E-state index is 3.46. The van der Waals surface area contributed by atoms with Crippen LogP contribution >= 0.6 is 31.9 Å². The van der Waals surface area contributed by atoms with Gasteiger partial charge in [0.15, 0.2) is 0 Å². The molecule has 0 aliphatic heterocycles. The zero-order valence-corrected chi connectivity index (χ0v) is 9.75. The third-order valence-electron chi connectivity index (χ3n) is 1.53. The lowest BCUT2D eigenvalue weighted by atomic mass is 10.1. The van der Waals surface area contributed by atoms with Crippen LogP contribution in [0.5, 0.6) is 0 Å². The molecule has 0 saturated heterocycles. The maximum absolute atomic E-state index is 3.46. The number of rotatable bonds is 6. The van der Waals surface area contributed by atoms with Gasteiger partial charge < -0.3 is 0 Å². The van der Waals surface area contributed by atoms with Crippen molar-refractivity contribution in [3.63, 3.8) is 0 Å². The van der Waals surface area contributed by atoms with Gasteiger partial charge in [-0.25, -0.2) is 0 Å². The Kier molecular flexibility index (Phi) is 8.83. The zero-order valence-electron chi connectivity index (χ0n) is 6.58. The average Bonchev–Trinajstić information content (AvgIpc) is 1.87. The van der Waals surface area contributed by atoms with Gasteiger partial charge in [0.25, 0.3) is 0 Å². The van der Waals surface area contributed by atoms with Gasteiger partial charge in [0.2, 0.25) is 0 Å². The van der Waals surface area contributed by atoms with Gasteiger partial charge in [-0.2, -0.15) is 0 Å². The highest BCUT2D eigenvalue weighted by Gasteiger charge is 1.95. The van der Waals surface area contributed by atoms with Crippen molar-refractivity contribution in [2.24, 2.45) is 0 Å². The van der Waals surface area contributed by atoms with E-state index < -0.39 is 0 Å². The molecule has 0 unspecified atom stereocenters. The molecule has 0 radical (unpaired) electrons. The summed E-state index contributed by atoms with van der Waals surface area (Å²) in [5.41, 5.74) is 0. The fourth-order valence-electron chi connectivity index (χ4n) is 0.902. The molecule has 0 aromatic heterocycles. The Morgan fingerprint density at radius 2 is 1.60 bits per heavy atom. The molecule has 10 heavy (non-hydrogen) atoms. The summed E-state index contributed by atoms with van der Waals surface area (Å²) in [4.78, 5) is 0. The molecule has 0 fully saturated rings. The Labute approximate surface area is 81.0 Å². The molecule has 0 nitrogen and oxygen atoms in total. The van der Waals surface area contributed by atoms with E-state index >= 15 is 0 Å². The number of halogens is 2. The van der Waals surface area contributed by atoms with Crippen LogP contribution in [0.1, 0.15) is 45.4 Å². The Hall–Kier alpha value is 0.960. The van der Waals surface area contributed by atoms with E-state index in [1.807, 2.05) is 0 Å². The molecule has 62 valence electrons. The van der Waals surface area contributed by atoms with E-state index in [0.29, 0.717) is 3.74 Å². The van der Waals surface area contributed by atoms with Crippen molar-refractivity contribution in [2.45, 2.75) is 49.2 Å². The van der Waals surface area contributed by atoms with Gasteiger partial charge in [-0.15, -0.1) is 0 Å². The zero-order chi connectivity index (χ0) is 7.82. The van der Waals surface area contributed by atoms with E-state index in [0.717, 1.165) is 0 Å². The van der Waals surface area contributed by atoms with Crippen LogP contribution in [0.3, 0.4) is 0 Å². The fourth-order valence-corrected chi connectivity index (χ4v) is 1.55. The van der Waals surface area contributed by atoms with Gasteiger partial charge in [-0.1, -0.05) is 70.9 Å². The van der Waals surface area contributed by atoms with E-state index in [9.17, 15) is 0 Å². The van der Waals surface area contributed by atoms with Crippen molar-refractivity contribution in [1.82, 2.24) is 0 Å². The minimum atomic E-state index is 0.529. The molecule has 0 heterocycles. The molecule has 0 rings (SSSR count). The second kappa shape index (κ2) is 8.06. The lowest BCUT2D eigenvalue weighted by Gasteiger charge is -2.00. The first-order chi connectivity index (χ1) is 4.77. The Bertz CT molecular complexity index is 62.3. The quantitative estimate of drug-likeness (QED) is 0.494. The van der Waals surface area contributed by atoms with E-state index in [1.54, 1.807) is 0 Å². The predicted molar refractivity (Wildman–Crippen MR) is 55.0 cm³/mol. The first-order valence-corrected chi connectivity index (χ1v) is 5.88. The van der Waals surface area contributed by atoms with Crippen LogP contribution in [0, 0.1) is 0 Å². The van der Waals surface area contributed by atoms with Crippen LogP contribution in [0.15, 0.2) is 0 Å². The summed E-state index contributed by atoms with van der Waals surface area (Å²) < 4.78 is 0.529. The summed E-state index contributed by atoms with van der Waals surface area (Å²) in [6.45, 7) is 2.25. The first-order valence-electron chi connectivity index (χ1n) is 4.05. The van der Waals surface area contributed by atoms with Gasteiger partial charge in [-0.3, -0.25) is 0 Å². The summed E-state index contributed by atoms with van der Waals surface area (Å²) in [6.07, 6.45) is 8.14. The highest BCUT2D eigenvalue weighted by molar-refractivity contribution is 9.24. The van der Waals surface area contributed by atoms with Crippen molar-refractivity contribution in [3.05, 3.63) is 0 Å². The van der Waals surface area contributed by atoms with E-state index in [1.165, 1.54) is 38.5 Å². The Morgan fingerprint density at radius 1 is 1.00 bits per heavy atom. The van der Waals surface area contributed by atoms with Gasteiger partial charge in [0.05, 0.1) is 3.74 Å². The van der Waals surface area contributed by atoms with Crippen LogP contribution in [-0.4, -0.2) is 3.74 Å². The minimum Gasteiger partial charge on any atom is -0.0765 e. The van der Waals surface area contributed by atoms with Gasteiger partial charge >= 0.3 is 0 Å². The molecule has 0 spiro atoms. The molecule has 0 aromatic rings. The van der Waals surface area contributed by atoms with Crippen molar-refractivity contribution in [1.29, 1.82) is 0 Å². The molecule has 2 heteroatoms. The highest BCUT2D eigenvalue weighted by Crippen LogP contribution is 2.17. The molecule has 0 aliphatic rings. The standard InChI is InChI=1S/C8H16Br2/c1-2-3-4-5-6-7-8(9)10/h8H,2-7H2,1H3. The molecule has 0 saturated carbocycles. The fraction of sp³-hybridized carbons (Fsp3) is 1.00. The van der Waals surface area contributed by atoms with Crippen molar-refractivity contribution >= 4 is 31.9 Å². The Morgan fingerprint density at radius 3 is 2.10 bits per heavy atom. The lowest BCUT2D eigenvalue weighted by molar-refractivity contribution is 0.624. The summed E-state index contributed by atoms with van der Waals surface area (Å²) >= 11 is 6.92. The van der Waals surface area contributed by atoms with Crippen LogP contribution in [-0.2, 0) is 0 Å². The molecule has 0 aromatic carbocycles. The molecule has 0 atom stereocenters. The summed E-state index contributed by atoms with van der Waals surface area (Å²) in [6, 6.07) is 0. The largest absolute Gasteiger partial charge is 0.0765 e. The highest BCUT2D eigenvalue weighted by atomic mass is 79.9. The van der Waals surface area contributed by atoms with Crippen LogP contribution in [0.4, 0.5) is 0 Å². The summed E-state index contributed by atoms with van der Waals surface area (Å²) in [5.74, 6) is 0. The van der Waals surface area contributed by atoms with Gasteiger partial charge in [0, 0.05) is 0 Å². The third-order valence-corrected chi connectivity index (χ3v) is 2.44. The van der Waals surface area contributed by atoms with Crippen LogP contribution in [0.25, 0.3) is 0 Å². The number of hydrogen-bond acceptors (Lipinski definition) is 0. The van der Waals surface area contributed by atoms with Crippen LogP contribution < -0.4 is 0 Å². The first kappa shape index (κ1) is 11.0. The molecule has 0 bridgehead atoms. The monoisotopic (exact) mass is 270 g/mol. The van der Waals surface area contributed by atoms with Gasteiger partial charge in [-0.05, 0) is 6.42 Å². The second-order valence-electron chi connectivity index (χ2n) is 2.59. The summed E-state index contributed by atoms with van der Waals surface area (Å²) in [5, 5.41) is 0. The topological polar surface area (TPSA) is 0 Å². The van der Waals surface area contributed by atoms with E-state index in [2.05, 4.69) is 38.8 Å². The Balaban J connectivity index is 2.77. The molecule has 0 amide bonds. The third kappa shape index (κ3) is 8.96. The smallest absolute Gasteiger partial charge is 0.0697 e. The summed E-state index contributed by atoms with van der Waals surface area (Å²) in [7, 11) is 0. The second-order valence-corrected chi connectivity index (χ2v) is 6.03. The normalized spacial score (nSPS) is 10.8. The maximum Gasteiger partial charge on any atom is 0.0697 e. The molecular formula is C8H16Br2. The molecule has 0 N–H and O–H groups in total. The minimum absolute atomic E-state index is 0.529. The van der Waals surface area contributed by atoms with Crippen molar-refractivity contribution in [2.75, 3.05) is 0 Å². The van der Waals surface area contributed by atoms with E-state index in [-0.39, 0.29) is 0 Å². The van der Waals surface area contributed by atoms with Crippen molar-refractivity contribution < 1.29 is 0 Å². The number of alkyl halides is 2. The average molecular weight is 272 g/mol.